The highest BCUT2D eigenvalue weighted by atomic mass is 16.5. The van der Waals surface area contributed by atoms with E-state index < -0.39 is 5.60 Å². The number of aliphatic hydroxyl groups is 1. The summed E-state index contributed by atoms with van der Waals surface area (Å²) in [5.41, 5.74) is 6.96. The fourth-order valence-electron chi connectivity index (χ4n) is 3.41. The van der Waals surface area contributed by atoms with Gasteiger partial charge in [-0.2, -0.15) is 0 Å². The second-order valence-electron chi connectivity index (χ2n) is 7.54. The summed E-state index contributed by atoms with van der Waals surface area (Å²) in [6.07, 6.45) is 3.24. The van der Waals surface area contributed by atoms with Gasteiger partial charge in [0.05, 0.1) is 18.2 Å². The van der Waals surface area contributed by atoms with Gasteiger partial charge in [-0.3, -0.25) is 4.79 Å². The molecule has 28 heavy (non-hydrogen) atoms. The van der Waals surface area contributed by atoms with E-state index in [4.69, 9.17) is 10.5 Å². The minimum Gasteiger partial charge on any atom is -0.475 e. The Hall–Kier alpha value is -3.13. The summed E-state index contributed by atoms with van der Waals surface area (Å²) in [4.78, 5) is 22.7. The number of benzene rings is 1. The van der Waals surface area contributed by atoms with Crippen LogP contribution in [-0.2, 0) is 0 Å². The fraction of sp³-hybridized carbons (Fsp3) is 0.350. The maximum atomic E-state index is 13.1. The molecule has 3 N–H and O–H groups in total. The van der Waals surface area contributed by atoms with Crippen LogP contribution < -0.4 is 15.4 Å². The number of carbonyl (C=O) groups excluding carboxylic acids is 1. The lowest BCUT2D eigenvalue weighted by Crippen LogP contribution is -2.32. The predicted molar refractivity (Wildman–Crippen MR) is 107 cm³/mol. The van der Waals surface area contributed by atoms with Crippen molar-refractivity contribution in [3.8, 4) is 5.88 Å². The number of hydrogen-bond donors (Lipinski definition) is 2. The van der Waals surface area contributed by atoms with Crippen LogP contribution in [0.3, 0.4) is 0 Å². The number of rotatable bonds is 3. The molecule has 0 bridgehead atoms. The van der Waals surface area contributed by atoms with Gasteiger partial charge in [0.15, 0.2) is 0 Å². The van der Waals surface area contributed by atoms with Crippen molar-refractivity contribution in [2.75, 3.05) is 23.8 Å². The molecule has 0 saturated heterocycles. The molecule has 8 heteroatoms. The van der Waals surface area contributed by atoms with Crippen molar-refractivity contribution < 1.29 is 14.6 Å². The summed E-state index contributed by atoms with van der Waals surface area (Å²) in [6, 6.07) is 7.67. The molecule has 1 aliphatic rings. The summed E-state index contributed by atoms with van der Waals surface area (Å²) in [5.74, 6) is 0.0357. The smallest absolute Gasteiger partial charge is 0.267 e. The molecular formula is C20H23N5O3. The van der Waals surface area contributed by atoms with E-state index in [2.05, 4.69) is 9.97 Å². The van der Waals surface area contributed by atoms with Gasteiger partial charge >= 0.3 is 0 Å². The topological polar surface area (TPSA) is 107 Å². The number of fused-ring (bicyclic) bond motifs is 2. The van der Waals surface area contributed by atoms with Gasteiger partial charge in [0.1, 0.15) is 24.3 Å². The molecule has 0 spiro atoms. The van der Waals surface area contributed by atoms with E-state index in [-0.39, 0.29) is 29.2 Å². The van der Waals surface area contributed by atoms with Crippen LogP contribution in [0.4, 0.5) is 11.5 Å². The summed E-state index contributed by atoms with van der Waals surface area (Å²) in [6.45, 7) is 6.24. The third-order valence-corrected chi connectivity index (χ3v) is 5.31. The molecule has 8 nitrogen and oxygen atoms in total. The zero-order valence-electron chi connectivity index (χ0n) is 16.1. The summed E-state index contributed by atoms with van der Waals surface area (Å²) in [5, 5.41) is 11.3. The van der Waals surface area contributed by atoms with Gasteiger partial charge in [0.2, 0.25) is 5.88 Å². The maximum Gasteiger partial charge on any atom is 0.267 e. The minimum absolute atomic E-state index is 0.104. The quantitative estimate of drug-likeness (QED) is 0.721. The molecule has 3 heterocycles. The zero-order valence-corrected chi connectivity index (χ0v) is 16.1. The number of carbonyl (C=O) groups is 1. The Labute approximate surface area is 162 Å². The van der Waals surface area contributed by atoms with Crippen LogP contribution in [0, 0.1) is 0 Å². The van der Waals surface area contributed by atoms with Crippen molar-refractivity contribution in [3.05, 3.63) is 42.4 Å². The van der Waals surface area contributed by atoms with Crippen LogP contribution in [0.25, 0.3) is 10.9 Å². The zero-order chi connectivity index (χ0) is 20.1. The minimum atomic E-state index is -0.857. The average molecular weight is 381 g/mol. The number of aromatic nitrogens is 3. The van der Waals surface area contributed by atoms with Crippen molar-refractivity contribution in [2.24, 2.45) is 0 Å². The van der Waals surface area contributed by atoms with E-state index >= 15 is 0 Å². The lowest BCUT2D eigenvalue weighted by molar-refractivity contribution is 0.0322. The van der Waals surface area contributed by atoms with Gasteiger partial charge in [-0.15, -0.1) is 0 Å². The highest BCUT2D eigenvalue weighted by Crippen LogP contribution is 2.32. The van der Waals surface area contributed by atoms with Crippen LogP contribution in [0.5, 0.6) is 5.88 Å². The van der Waals surface area contributed by atoms with E-state index in [1.54, 1.807) is 18.7 Å². The fourth-order valence-corrected chi connectivity index (χ4v) is 3.41. The van der Waals surface area contributed by atoms with E-state index in [0.29, 0.717) is 13.2 Å². The van der Waals surface area contributed by atoms with Crippen LogP contribution in [0.15, 0.2) is 36.8 Å². The van der Waals surface area contributed by atoms with Crippen molar-refractivity contribution in [2.45, 2.75) is 32.4 Å². The van der Waals surface area contributed by atoms with Gasteiger partial charge < -0.3 is 25.0 Å². The first-order valence-corrected chi connectivity index (χ1v) is 9.15. The van der Waals surface area contributed by atoms with Crippen LogP contribution in [0.1, 0.15) is 37.2 Å². The standard InChI is InChI=1S/C20H23N5O3/c1-12(20(2,3)27)24-7-6-13-10-14(4-5-15(13)24)25-8-9-28-18-16(19(25)26)17(21)22-11-23-18/h4-7,10-12,27H,8-9H2,1-3H3,(H2,21,22,23)/t12-/m0/s1. The average Bonchev–Trinajstić information content (AvgIpc) is 2.98. The molecule has 0 saturated carbocycles. The number of hydrogen-bond acceptors (Lipinski definition) is 6. The second kappa shape index (κ2) is 6.49. The monoisotopic (exact) mass is 381 g/mol. The number of anilines is 2. The Bertz CT molecular complexity index is 1050. The lowest BCUT2D eigenvalue weighted by Gasteiger charge is -2.28. The van der Waals surface area contributed by atoms with Crippen LogP contribution >= 0.6 is 0 Å². The van der Waals surface area contributed by atoms with Gasteiger partial charge in [0.25, 0.3) is 5.91 Å². The van der Waals surface area contributed by atoms with Crippen molar-refractivity contribution >= 4 is 28.3 Å². The first kappa shape index (κ1) is 18.2. The lowest BCUT2D eigenvalue weighted by atomic mass is 10.0. The molecule has 146 valence electrons. The third kappa shape index (κ3) is 2.95. The number of nitrogens with two attached hydrogens (primary N) is 1. The van der Waals surface area contributed by atoms with Gasteiger partial charge in [-0.1, -0.05) is 0 Å². The van der Waals surface area contributed by atoms with Crippen LogP contribution in [0.2, 0.25) is 0 Å². The van der Waals surface area contributed by atoms with Crippen molar-refractivity contribution in [3.63, 3.8) is 0 Å². The molecule has 1 amide bonds. The molecule has 0 radical (unpaired) electrons. The van der Waals surface area contributed by atoms with Gasteiger partial charge in [-0.25, -0.2) is 9.97 Å². The molecule has 1 aliphatic heterocycles. The SMILES string of the molecule is C[C@H](n1ccc2cc(N3CCOc4ncnc(N)c4C3=O)ccc21)C(C)(C)O. The van der Waals surface area contributed by atoms with E-state index in [1.807, 2.05) is 42.0 Å². The second-order valence-corrected chi connectivity index (χ2v) is 7.54. The highest BCUT2D eigenvalue weighted by molar-refractivity contribution is 6.11. The number of amides is 1. The number of nitrogens with zero attached hydrogens (tertiary/aromatic N) is 4. The largest absolute Gasteiger partial charge is 0.475 e. The Morgan fingerprint density at radius 3 is 2.82 bits per heavy atom. The van der Waals surface area contributed by atoms with Gasteiger partial charge in [0, 0.05) is 22.8 Å². The Morgan fingerprint density at radius 1 is 1.29 bits per heavy atom. The molecule has 2 aromatic heterocycles. The van der Waals surface area contributed by atoms with Crippen molar-refractivity contribution in [1.82, 2.24) is 14.5 Å². The molecule has 0 fully saturated rings. The first-order chi connectivity index (χ1) is 13.3. The molecule has 0 unspecified atom stereocenters. The molecule has 1 aromatic carbocycles. The normalized spacial score (nSPS) is 15.9. The van der Waals surface area contributed by atoms with E-state index in [0.717, 1.165) is 16.6 Å². The molecule has 3 aromatic rings. The maximum absolute atomic E-state index is 13.1. The number of ether oxygens (including phenoxy) is 1. The number of nitrogen functional groups attached to an aromatic ring is 1. The molecular weight excluding hydrogens is 358 g/mol. The molecule has 1 atom stereocenters. The molecule has 4 rings (SSSR count). The molecule has 0 aliphatic carbocycles. The highest BCUT2D eigenvalue weighted by Gasteiger charge is 2.29. The summed E-state index contributed by atoms with van der Waals surface area (Å²) in [7, 11) is 0. The Kier molecular flexibility index (Phi) is 4.23. The van der Waals surface area contributed by atoms with E-state index in [9.17, 15) is 9.90 Å². The van der Waals surface area contributed by atoms with Gasteiger partial charge in [-0.05, 0) is 45.0 Å². The van der Waals surface area contributed by atoms with E-state index in [1.165, 1.54) is 6.33 Å². The van der Waals surface area contributed by atoms with Crippen LogP contribution in [-0.4, -0.2) is 44.3 Å². The summed E-state index contributed by atoms with van der Waals surface area (Å²) >= 11 is 0. The Balaban J connectivity index is 1.74. The predicted octanol–water partition coefficient (Wildman–Crippen LogP) is 2.38. The first-order valence-electron chi connectivity index (χ1n) is 9.15. The van der Waals surface area contributed by atoms with Crippen molar-refractivity contribution in [1.29, 1.82) is 0 Å². The Morgan fingerprint density at radius 2 is 2.07 bits per heavy atom. The third-order valence-electron chi connectivity index (χ3n) is 5.31. The summed E-state index contributed by atoms with van der Waals surface area (Å²) < 4.78 is 7.62.